The SMILES string of the molecule is CNc1nc(Nc2ccc(C(=O)N3CCN(C(=O)OC(C)(C)C)CC3)cc2OC)ncc1Cl. The van der Waals surface area contributed by atoms with E-state index < -0.39 is 5.60 Å². The molecule has 11 heteroatoms. The van der Waals surface area contributed by atoms with Crippen molar-refractivity contribution in [1.29, 1.82) is 0 Å². The average molecular weight is 477 g/mol. The summed E-state index contributed by atoms with van der Waals surface area (Å²) in [6.07, 6.45) is 1.13. The minimum Gasteiger partial charge on any atom is -0.495 e. The molecular weight excluding hydrogens is 448 g/mol. The van der Waals surface area contributed by atoms with Crippen LogP contribution in [0.15, 0.2) is 24.4 Å². The van der Waals surface area contributed by atoms with Gasteiger partial charge in [0.15, 0.2) is 0 Å². The number of rotatable bonds is 5. The Balaban J connectivity index is 1.67. The van der Waals surface area contributed by atoms with E-state index in [9.17, 15) is 9.59 Å². The maximum absolute atomic E-state index is 13.0. The van der Waals surface area contributed by atoms with E-state index in [1.165, 1.54) is 13.3 Å². The summed E-state index contributed by atoms with van der Waals surface area (Å²) < 4.78 is 10.9. The Labute approximate surface area is 198 Å². The molecule has 0 saturated carbocycles. The normalized spacial score (nSPS) is 14.0. The minimum atomic E-state index is -0.554. The smallest absolute Gasteiger partial charge is 0.410 e. The lowest BCUT2D eigenvalue weighted by molar-refractivity contribution is 0.0141. The largest absolute Gasteiger partial charge is 0.495 e. The van der Waals surface area contributed by atoms with Crippen molar-refractivity contribution in [1.82, 2.24) is 19.8 Å². The van der Waals surface area contributed by atoms with Gasteiger partial charge in [0.05, 0.1) is 19.0 Å². The summed E-state index contributed by atoms with van der Waals surface area (Å²) in [6, 6.07) is 5.11. The number of nitrogens with one attached hydrogen (secondary N) is 2. The number of hydrogen-bond donors (Lipinski definition) is 2. The number of halogens is 1. The predicted molar refractivity (Wildman–Crippen MR) is 127 cm³/mol. The van der Waals surface area contributed by atoms with Crippen molar-refractivity contribution < 1.29 is 19.1 Å². The van der Waals surface area contributed by atoms with Crippen LogP contribution in [0.3, 0.4) is 0 Å². The van der Waals surface area contributed by atoms with Crippen LogP contribution < -0.4 is 15.4 Å². The van der Waals surface area contributed by atoms with Gasteiger partial charge in [-0.15, -0.1) is 0 Å². The van der Waals surface area contributed by atoms with Gasteiger partial charge in [0.25, 0.3) is 5.91 Å². The second kappa shape index (κ2) is 10.1. The van der Waals surface area contributed by atoms with Crippen LogP contribution in [0.1, 0.15) is 31.1 Å². The molecule has 178 valence electrons. The molecule has 1 aliphatic rings. The minimum absolute atomic E-state index is 0.135. The molecule has 10 nitrogen and oxygen atoms in total. The van der Waals surface area contributed by atoms with E-state index in [1.807, 2.05) is 20.8 Å². The van der Waals surface area contributed by atoms with Crippen LogP contribution in [0, 0.1) is 0 Å². The molecule has 2 aromatic rings. The Morgan fingerprint density at radius 1 is 1.12 bits per heavy atom. The van der Waals surface area contributed by atoms with Crippen LogP contribution in [0.4, 0.5) is 22.2 Å². The summed E-state index contributed by atoms with van der Waals surface area (Å²) in [5.74, 6) is 1.16. The van der Waals surface area contributed by atoms with Crippen molar-refractivity contribution >= 4 is 41.1 Å². The number of carbonyl (C=O) groups is 2. The molecule has 33 heavy (non-hydrogen) atoms. The third kappa shape index (κ3) is 6.16. The fourth-order valence-electron chi connectivity index (χ4n) is 3.25. The molecule has 1 aromatic heterocycles. The summed E-state index contributed by atoms with van der Waals surface area (Å²) in [4.78, 5) is 37.1. The third-order valence-electron chi connectivity index (χ3n) is 4.89. The number of hydrogen-bond acceptors (Lipinski definition) is 8. The van der Waals surface area contributed by atoms with Gasteiger partial charge in [-0.3, -0.25) is 4.79 Å². The van der Waals surface area contributed by atoms with Gasteiger partial charge in [0.1, 0.15) is 22.2 Å². The Kier molecular flexibility index (Phi) is 7.47. The van der Waals surface area contributed by atoms with Gasteiger partial charge in [-0.05, 0) is 39.0 Å². The fraction of sp³-hybridized carbons (Fsp3) is 0.455. The second-order valence-corrected chi connectivity index (χ2v) is 8.85. The number of benzene rings is 1. The molecule has 0 aliphatic carbocycles. The molecule has 1 saturated heterocycles. The molecule has 0 radical (unpaired) electrons. The first kappa shape index (κ1) is 24.4. The molecule has 0 atom stereocenters. The lowest BCUT2D eigenvalue weighted by Crippen LogP contribution is -2.51. The molecular formula is C22H29ClN6O4. The Morgan fingerprint density at radius 3 is 2.39 bits per heavy atom. The summed E-state index contributed by atoms with van der Waals surface area (Å²) in [5, 5.41) is 6.38. The first-order valence-electron chi connectivity index (χ1n) is 10.5. The second-order valence-electron chi connectivity index (χ2n) is 8.44. The van der Waals surface area contributed by atoms with Crippen molar-refractivity contribution in [3.63, 3.8) is 0 Å². The summed E-state index contributed by atoms with van der Waals surface area (Å²) in [5.41, 5.74) is 0.534. The highest BCUT2D eigenvalue weighted by molar-refractivity contribution is 6.32. The average Bonchev–Trinajstić information content (AvgIpc) is 2.79. The zero-order chi connectivity index (χ0) is 24.2. The van der Waals surface area contributed by atoms with Gasteiger partial charge in [-0.2, -0.15) is 4.98 Å². The van der Waals surface area contributed by atoms with Crippen LogP contribution in [-0.2, 0) is 4.74 Å². The van der Waals surface area contributed by atoms with E-state index in [2.05, 4.69) is 20.6 Å². The molecule has 0 unspecified atom stereocenters. The van der Waals surface area contributed by atoms with E-state index in [1.54, 1.807) is 35.0 Å². The van der Waals surface area contributed by atoms with Gasteiger partial charge in [-0.1, -0.05) is 11.6 Å². The summed E-state index contributed by atoms with van der Waals surface area (Å²) in [6.45, 7) is 7.16. The number of amides is 2. The Bertz CT molecular complexity index is 1020. The van der Waals surface area contributed by atoms with Gasteiger partial charge < -0.3 is 29.9 Å². The lowest BCUT2D eigenvalue weighted by Gasteiger charge is -2.35. The van der Waals surface area contributed by atoms with Crippen molar-refractivity contribution in [3.05, 3.63) is 35.0 Å². The number of methoxy groups -OCH3 is 1. The predicted octanol–water partition coefficient (Wildman–Crippen LogP) is 3.62. The van der Waals surface area contributed by atoms with Crippen LogP contribution in [-0.4, -0.2) is 77.7 Å². The van der Waals surface area contributed by atoms with Gasteiger partial charge in [0, 0.05) is 38.8 Å². The molecule has 1 aliphatic heterocycles. The van der Waals surface area contributed by atoms with Gasteiger partial charge in [0.2, 0.25) is 5.95 Å². The standard InChI is InChI=1S/C22H29ClN6O4/c1-22(2,3)33-21(31)29-10-8-28(9-11-29)19(30)14-6-7-16(17(12-14)32-5)26-20-25-13-15(23)18(24-4)27-20/h6-7,12-13H,8-11H2,1-5H3,(H2,24,25,26,27). The van der Waals surface area contributed by atoms with E-state index in [4.69, 9.17) is 21.1 Å². The van der Waals surface area contributed by atoms with Crippen LogP contribution in [0.5, 0.6) is 5.75 Å². The number of piperazine rings is 1. The topological polar surface area (TPSA) is 109 Å². The number of anilines is 3. The molecule has 2 heterocycles. The number of carbonyl (C=O) groups excluding carboxylic acids is 2. The highest BCUT2D eigenvalue weighted by Crippen LogP contribution is 2.29. The highest BCUT2D eigenvalue weighted by Gasteiger charge is 2.28. The molecule has 0 bridgehead atoms. The maximum atomic E-state index is 13.0. The maximum Gasteiger partial charge on any atom is 0.410 e. The van der Waals surface area contributed by atoms with Crippen molar-refractivity contribution in [3.8, 4) is 5.75 Å². The third-order valence-corrected chi connectivity index (χ3v) is 5.17. The van der Waals surface area contributed by atoms with E-state index >= 15 is 0 Å². The summed E-state index contributed by atoms with van der Waals surface area (Å²) >= 11 is 6.03. The monoisotopic (exact) mass is 476 g/mol. The Morgan fingerprint density at radius 2 is 1.79 bits per heavy atom. The molecule has 2 N–H and O–H groups in total. The molecule has 2 amide bonds. The fourth-order valence-corrected chi connectivity index (χ4v) is 3.44. The molecule has 1 fully saturated rings. The quantitative estimate of drug-likeness (QED) is 0.673. The van der Waals surface area contributed by atoms with Crippen LogP contribution in [0.25, 0.3) is 0 Å². The van der Waals surface area contributed by atoms with E-state index in [0.717, 1.165) is 0 Å². The number of ether oxygens (including phenoxy) is 2. The Hall–Kier alpha value is -3.27. The zero-order valence-corrected chi connectivity index (χ0v) is 20.2. The highest BCUT2D eigenvalue weighted by atomic mass is 35.5. The number of nitrogens with zero attached hydrogens (tertiary/aromatic N) is 4. The summed E-state index contributed by atoms with van der Waals surface area (Å²) in [7, 11) is 3.24. The first-order valence-corrected chi connectivity index (χ1v) is 10.9. The van der Waals surface area contributed by atoms with E-state index in [0.29, 0.717) is 60.0 Å². The molecule has 1 aromatic carbocycles. The van der Waals surface area contributed by atoms with Crippen molar-refractivity contribution in [2.75, 3.05) is 51.0 Å². The number of aromatic nitrogens is 2. The molecule has 3 rings (SSSR count). The lowest BCUT2D eigenvalue weighted by atomic mass is 10.1. The van der Waals surface area contributed by atoms with Crippen LogP contribution in [0.2, 0.25) is 5.02 Å². The van der Waals surface area contributed by atoms with Crippen LogP contribution >= 0.6 is 11.6 Å². The molecule has 0 spiro atoms. The zero-order valence-electron chi connectivity index (χ0n) is 19.4. The van der Waals surface area contributed by atoms with Gasteiger partial charge >= 0.3 is 6.09 Å². The van der Waals surface area contributed by atoms with Crippen molar-refractivity contribution in [2.24, 2.45) is 0 Å². The van der Waals surface area contributed by atoms with E-state index in [-0.39, 0.29) is 12.0 Å². The van der Waals surface area contributed by atoms with Crippen molar-refractivity contribution in [2.45, 2.75) is 26.4 Å². The van der Waals surface area contributed by atoms with Gasteiger partial charge in [-0.25, -0.2) is 9.78 Å². The first-order chi connectivity index (χ1) is 15.6.